The number of halogens is 1. The van der Waals surface area contributed by atoms with Crippen molar-refractivity contribution >= 4 is 51.2 Å². The fourth-order valence-corrected chi connectivity index (χ4v) is 5.32. The maximum atomic E-state index is 12.8. The summed E-state index contributed by atoms with van der Waals surface area (Å²) in [5.41, 5.74) is 0.582. The number of ether oxygens (including phenoxy) is 2. The SMILES string of the molecule is O=C(COc1ccccc1)N[C@H]1C(=O)N2C(C(=O)OCc3ccc([N+](=O)[O-])cc3)=C(Br)CS[C@H]12. The van der Waals surface area contributed by atoms with Crippen LogP contribution in [0.3, 0.4) is 0 Å². The van der Waals surface area contributed by atoms with Gasteiger partial charge in [0.05, 0.1) is 4.92 Å². The zero-order valence-corrected chi connectivity index (χ0v) is 19.9. The van der Waals surface area contributed by atoms with Crippen molar-refractivity contribution in [2.24, 2.45) is 0 Å². The molecule has 10 nitrogen and oxygen atoms in total. The van der Waals surface area contributed by atoms with Crippen LogP contribution in [-0.2, 0) is 25.7 Å². The molecule has 0 aliphatic carbocycles. The second-order valence-corrected chi connectivity index (χ2v) is 9.37. The van der Waals surface area contributed by atoms with Crippen molar-refractivity contribution in [3.63, 3.8) is 0 Å². The molecule has 176 valence electrons. The molecule has 4 rings (SSSR count). The summed E-state index contributed by atoms with van der Waals surface area (Å²) in [7, 11) is 0. The Morgan fingerprint density at radius 2 is 1.88 bits per heavy atom. The molecule has 0 bridgehead atoms. The number of para-hydroxylation sites is 1. The monoisotopic (exact) mass is 547 g/mol. The van der Waals surface area contributed by atoms with Crippen LogP contribution >= 0.6 is 27.7 Å². The predicted octanol–water partition coefficient (Wildman–Crippen LogP) is 2.72. The van der Waals surface area contributed by atoms with E-state index in [0.29, 0.717) is 21.5 Å². The molecule has 0 aromatic heterocycles. The Bertz CT molecular complexity index is 1160. The lowest BCUT2D eigenvalue weighted by Gasteiger charge is -2.49. The Labute approximate surface area is 206 Å². The van der Waals surface area contributed by atoms with Gasteiger partial charge >= 0.3 is 5.97 Å². The van der Waals surface area contributed by atoms with Gasteiger partial charge < -0.3 is 14.8 Å². The number of non-ortho nitro benzene ring substituents is 1. The van der Waals surface area contributed by atoms with E-state index in [1.807, 2.05) is 6.07 Å². The number of esters is 1. The van der Waals surface area contributed by atoms with Crippen molar-refractivity contribution in [3.05, 3.63) is 80.5 Å². The number of thioether (sulfide) groups is 1. The third-order valence-corrected chi connectivity index (χ3v) is 7.37. The van der Waals surface area contributed by atoms with E-state index >= 15 is 0 Å². The van der Waals surface area contributed by atoms with Gasteiger partial charge in [0.1, 0.15) is 29.5 Å². The number of carbonyl (C=O) groups excluding carboxylic acids is 3. The summed E-state index contributed by atoms with van der Waals surface area (Å²) in [5.74, 6) is -0.622. The highest BCUT2D eigenvalue weighted by molar-refractivity contribution is 9.11. The fourth-order valence-electron chi connectivity index (χ4n) is 3.38. The van der Waals surface area contributed by atoms with Crippen LogP contribution in [0.1, 0.15) is 5.56 Å². The van der Waals surface area contributed by atoms with Gasteiger partial charge in [0.2, 0.25) is 0 Å². The van der Waals surface area contributed by atoms with Crippen LogP contribution in [-0.4, -0.2) is 51.4 Å². The van der Waals surface area contributed by atoms with E-state index in [2.05, 4.69) is 21.2 Å². The van der Waals surface area contributed by atoms with Crippen LogP contribution < -0.4 is 10.1 Å². The molecule has 0 unspecified atom stereocenters. The minimum atomic E-state index is -0.782. The minimum absolute atomic E-state index is 0.0684. The average Bonchev–Trinajstić information content (AvgIpc) is 2.85. The van der Waals surface area contributed by atoms with Gasteiger partial charge in [0.25, 0.3) is 17.5 Å². The molecule has 1 fully saturated rings. The summed E-state index contributed by atoms with van der Waals surface area (Å²) in [6.07, 6.45) is 0. The Morgan fingerprint density at radius 3 is 2.56 bits per heavy atom. The Hall–Kier alpha value is -3.38. The second kappa shape index (κ2) is 10.3. The number of fused-ring (bicyclic) bond motifs is 1. The van der Waals surface area contributed by atoms with E-state index in [-0.39, 0.29) is 24.6 Å². The second-order valence-electron chi connectivity index (χ2n) is 7.31. The van der Waals surface area contributed by atoms with Crippen molar-refractivity contribution in [1.82, 2.24) is 10.2 Å². The molecule has 1 saturated heterocycles. The molecule has 2 heterocycles. The van der Waals surface area contributed by atoms with E-state index in [9.17, 15) is 24.5 Å². The third-order valence-electron chi connectivity index (χ3n) is 5.06. The van der Waals surface area contributed by atoms with Crippen LogP contribution in [0.15, 0.2) is 64.8 Å². The summed E-state index contributed by atoms with van der Waals surface area (Å²) < 4.78 is 11.3. The maximum Gasteiger partial charge on any atom is 0.356 e. The van der Waals surface area contributed by atoms with Crippen LogP contribution in [0, 0.1) is 10.1 Å². The maximum absolute atomic E-state index is 12.8. The van der Waals surface area contributed by atoms with Gasteiger partial charge in [-0.3, -0.25) is 24.6 Å². The molecule has 2 atom stereocenters. The molecule has 2 aromatic rings. The molecule has 1 N–H and O–H groups in total. The first kappa shape index (κ1) is 23.8. The van der Waals surface area contributed by atoms with Crippen molar-refractivity contribution in [2.45, 2.75) is 18.0 Å². The summed E-state index contributed by atoms with van der Waals surface area (Å²) in [6.45, 7) is -0.355. The predicted molar refractivity (Wildman–Crippen MR) is 126 cm³/mol. The quantitative estimate of drug-likeness (QED) is 0.231. The number of nitro groups is 1. The molecular weight excluding hydrogens is 530 g/mol. The average molecular weight is 548 g/mol. The minimum Gasteiger partial charge on any atom is -0.484 e. The Morgan fingerprint density at radius 1 is 1.18 bits per heavy atom. The van der Waals surface area contributed by atoms with Gasteiger partial charge in [-0.1, -0.05) is 34.1 Å². The Balaban J connectivity index is 1.34. The number of hydrogen-bond donors (Lipinski definition) is 1. The number of nitrogens with one attached hydrogen (secondary N) is 1. The van der Waals surface area contributed by atoms with Crippen LogP contribution in [0.2, 0.25) is 0 Å². The number of β-lactam (4-membered cyclic amide) rings is 1. The molecular formula is C22H18BrN3O7S. The normalized spacial score (nSPS) is 19.1. The standard InChI is InChI=1S/C22H18BrN3O7S/c23-16-12-34-21-18(24-17(27)11-32-15-4-2-1-3-5-15)20(28)25(21)19(16)22(29)33-10-13-6-8-14(9-7-13)26(30)31/h1-9,18,21H,10-12H2,(H,24,27)/t18-,21+/m0/s1. The van der Waals surface area contributed by atoms with Gasteiger partial charge in [-0.25, -0.2) is 4.79 Å². The number of carbonyl (C=O) groups is 3. The van der Waals surface area contributed by atoms with Gasteiger partial charge in [-0.15, -0.1) is 11.8 Å². The molecule has 34 heavy (non-hydrogen) atoms. The lowest BCUT2D eigenvalue weighted by Crippen LogP contribution is -2.70. The first-order valence-electron chi connectivity index (χ1n) is 10.1. The molecule has 2 aliphatic heterocycles. The summed E-state index contributed by atoms with van der Waals surface area (Å²) in [5, 5.41) is 13.0. The van der Waals surface area contributed by atoms with Crippen molar-refractivity contribution in [1.29, 1.82) is 0 Å². The first-order chi connectivity index (χ1) is 16.3. The molecule has 0 radical (unpaired) electrons. The molecule has 2 aromatic carbocycles. The highest BCUT2D eigenvalue weighted by atomic mass is 79.9. The zero-order valence-electron chi connectivity index (χ0n) is 17.5. The number of nitro benzene ring substituents is 1. The molecule has 12 heteroatoms. The summed E-state index contributed by atoms with van der Waals surface area (Å²) in [4.78, 5) is 49.3. The van der Waals surface area contributed by atoms with Gasteiger partial charge in [0, 0.05) is 22.4 Å². The number of rotatable bonds is 8. The summed E-state index contributed by atoms with van der Waals surface area (Å²) in [6, 6.07) is 13.7. The van der Waals surface area contributed by atoms with Gasteiger partial charge in [-0.05, 0) is 29.8 Å². The van der Waals surface area contributed by atoms with E-state index in [1.165, 1.54) is 40.9 Å². The highest BCUT2D eigenvalue weighted by Crippen LogP contribution is 2.42. The largest absolute Gasteiger partial charge is 0.484 e. The van der Waals surface area contributed by atoms with E-state index in [4.69, 9.17) is 9.47 Å². The lowest BCUT2D eigenvalue weighted by atomic mass is 10.1. The van der Waals surface area contributed by atoms with Crippen LogP contribution in [0.5, 0.6) is 5.75 Å². The molecule has 2 aliphatic rings. The van der Waals surface area contributed by atoms with Crippen molar-refractivity contribution in [3.8, 4) is 5.75 Å². The number of hydrogen-bond acceptors (Lipinski definition) is 8. The molecule has 0 saturated carbocycles. The van der Waals surface area contributed by atoms with E-state index in [0.717, 1.165) is 0 Å². The number of nitrogens with zero attached hydrogens (tertiary/aromatic N) is 2. The first-order valence-corrected chi connectivity index (χ1v) is 11.9. The van der Waals surface area contributed by atoms with E-state index in [1.54, 1.807) is 24.3 Å². The number of amides is 2. The highest BCUT2D eigenvalue weighted by Gasteiger charge is 2.54. The van der Waals surface area contributed by atoms with E-state index < -0.39 is 34.1 Å². The lowest BCUT2D eigenvalue weighted by molar-refractivity contribution is -0.384. The van der Waals surface area contributed by atoms with Crippen molar-refractivity contribution in [2.75, 3.05) is 12.4 Å². The van der Waals surface area contributed by atoms with Crippen molar-refractivity contribution < 1.29 is 28.8 Å². The molecule has 0 spiro atoms. The third kappa shape index (κ3) is 5.07. The summed E-state index contributed by atoms with van der Waals surface area (Å²) >= 11 is 4.74. The zero-order chi connectivity index (χ0) is 24.2. The van der Waals surface area contributed by atoms with Crippen LogP contribution in [0.25, 0.3) is 0 Å². The van der Waals surface area contributed by atoms with Gasteiger partial charge in [-0.2, -0.15) is 0 Å². The Kier molecular flexibility index (Phi) is 7.17. The molecule has 2 amide bonds. The topological polar surface area (TPSA) is 128 Å². The number of benzene rings is 2. The fraction of sp³-hybridized carbons (Fsp3) is 0.227. The smallest absolute Gasteiger partial charge is 0.356 e. The van der Waals surface area contributed by atoms with Gasteiger partial charge in [0.15, 0.2) is 6.61 Å². The van der Waals surface area contributed by atoms with Crippen LogP contribution in [0.4, 0.5) is 5.69 Å².